The molecule has 2 aromatic heterocycles. The van der Waals surface area contributed by atoms with Crippen molar-refractivity contribution in [1.82, 2.24) is 19.8 Å². The van der Waals surface area contributed by atoms with Crippen LogP contribution in [0.4, 0.5) is 0 Å². The van der Waals surface area contributed by atoms with Crippen molar-refractivity contribution in [3.05, 3.63) is 54.2 Å². The minimum absolute atomic E-state index is 0.00855. The number of hydrogen-bond donors (Lipinski definition) is 1. The first-order chi connectivity index (χ1) is 13.7. The summed E-state index contributed by atoms with van der Waals surface area (Å²) in [5.41, 5.74) is 1.90. The number of H-pyrrole nitrogens is 1. The van der Waals surface area contributed by atoms with E-state index in [1.807, 2.05) is 35.2 Å². The van der Waals surface area contributed by atoms with Crippen molar-refractivity contribution in [1.29, 1.82) is 0 Å². The highest BCUT2D eigenvalue weighted by molar-refractivity contribution is 5.89. The number of nitrogens with zero attached hydrogens (tertiary/aromatic N) is 3. The van der Waals surface area contributed by atoms with Gasteiger partial charge in [-0.05, 0) is 37.1 Å². The number of aromatic nitrogens is 2. The van der Waals surface area contributed by atoms with Crippen LogP contribution in [0.2, 0.25) is 0 Å². The van der Waals surface area contributed by atoms with E-state index in [2.05, 4.69) is 4.98 Å². The number of benzene rings is 1. The summed E-state index contributed by atoms with van der Waals surface area (Å²) in [5, 5.41) is 0. The fourth-order valence-electron chi connectivity index (χ4n) is 4.36. The van der Waals surface area contributed by atoms with Crippen molar-refractivity contribution < 1.29 is 14.0 Å². The van der Waals surface area contributed by atoms with Crippen LogP contribution in [0, 0.1) is 5.92 Å². The Morgan fingerprint density at radius 1 is 1.25 bits per heavy atom. The van der Waals surface area contributed by atoms with Crippen LogP contribution >= 0.6 is 0 Å². The Hall–Kier alpha value is -3.09. The Bertz CT molecular complexity index is 977. The Morgan fingerprint density at radius 2 is 2.14 bits per heavy atom. The molecule has 1 N–H and O–H groups in total. The van der Waals surface area contributed by atoms with Gasteiger partial charge in [-0.3, -0.25) is 9.59 Å². The van der Waals surface area contributed by atoms with Crippen LogP contribution in [0.1, 0.15) is 36.9 Å². The van der Waals surface area contributed by atoms with E-state index >= 15 is 0 Å². The van der Waals surface area contributed by atoms with Gasteiger partial charge in [0.25, 0.3) is 0 Å². The second kappa shape index (κ2) is 6.82. The number of aromatic amines is 1. The number of carbonyl (C=O) groups excluding carboxylic acids is 2. The van der Waals surface area contributed by atoms with Crippen LogP contribution in [0.15, 0.2) is 47.1 Å². The zero-order valence-corrected chi connectivity index (χ0v) is 15.5. The number of imidazole rings is 1. The number of hydrogen-bond acceptors (Lipinski definition) is 4. The van der Waals surface area contributed by atoms with Gasteiger partial charge < -0.3 is 19.2 Å². The normalized spacial score (nSPS) is 22.5. The summed E-state index contributed by atoms with van der Waals surface area (Å²) in [5.74, 6) is 1.34. The van der Waals surface area contributed by atoms with Crippen molar-refractivity contribution in [3.8, 4) is 0 Å². The molecule has 2 amide bonds. The van der Waals surface area contributed by atoms with Gasteiger partial charge in [0, 0.05) is 19.5 Å². The molecule has 2 aliphatic rings. The largest absolute Gasteiger partial charge is 0.467 e. The van der Waals surface area contributed by atoms with Crippen molar-refractivity contribution in [2.75, 3.05) is 13.1 Å². The van der Waals surface area contributed by atoms with Gasteiger partial charge in [0.2, 0.25) is 11.8 Å². The van der Waals surface area contributed by atoms with Crippen molar-refractivity contribution in [2.24, 2.45) is 5.92 Å². The number of fused-ring (bicyclic) bond motifs is 1. The molecule has 7 nitrogen and oxygen atoms in total. The van der Waals surface area contributed by atoms with Crippen LogP contribution in [0.5, 0.6) is 0 Å². The number of nitrogens with one attached hydrogen (secondary N) is 1. The molecule has 2 atom stereocenters. The van der Waals surface area contributed by atoms with Gasteiger partial charge in [0.1, 0.15) is 11.6 Å². The smallest absolute Gasteiger partial charge is 0.228 e. The molecular weight excluding hydrogens is 356 g/mol. The predicted octanol–water partition coefficient (Wildman–Crippen LogP) is 2.87. The van der Waals surface area contributed by atoms with E-state index in [-0.39, 0.29) is 30.2 Å². The average Bonchev–Trinajstić information content (AvgIpc) is 3.48. The molecule has 0 spiro atoms. The molecule has 28 heavy (non-hydrogen) atoms. The summed E-state index contributed by atoms with van der Waals surface area (Å²) < 4.78 is 5.34. The maximum Gasteiger partial charge on any atom is 0.228 e. The molecule has 0 radical (unpaired) electrons. The third-order valence-electron chi connectivity index (χ3n) is 5.75. The van der Waals surface area contributed by atoms with Gasteiger partial charge >= 0.3 is 0 Å². The zero-order valence-electron chi connectivity index (χ0n) is 15.5. The molecule has 144 valence electrons. The number of likely N-dealkylation sites (tertiary alicyclic amines) is 2. The first-order valence-corrected chi connectivity index (χ1v) is 9.74. The molecule has 0 bridgehead atoms. The fraction of sp³-hybridized carbons (Fsp3) is 0.381. The first kappa shape index (κ1) is 17.0. The Labute approximate surface area is 162 Å². The quantitative estimate of drug-likeness (QED) is 0.757. The fourth-order valence-corrected chi connectivity index (χ4v) is 4.36. The minimum atomic E-state index is -0.299. The average molecular weight is 378 g/mol. The van der Waals surface area contributed by atoms with Gasteiger partial charge in [-0.15, -0.1) is 0 Å². The summed E-state index contributed by atoms with van der Waals surface area (Å²) in [6, 6.07) is 11.5. The predicted molar refractivity (Wildman–Crippen MR) is 102 cm³/mol. The molecule has 0 aliphatic carbocycles. The van der Waals surface area contributed by atoms with Crippen LogP contribution in [-0.2, 0) is 16.1 Å². The molecular formula is C21H22N4O3. The second-order valence-electron chi connectivity index (χ2n) is 7.58. The van der Waals surface area contributed by atoms with E-state index in [4.69, 9.17) is 9.40 Å². The Kier molecular flexibility index (Phi) is 4.15. The van der Waals surface area contributed by atoms with Gasteiger partial charge in [-0.2, -0.15) is 0 Å². The van der Waals surface area contributed by atoms with Crippen molar-refractivity contribution in [3.63, 3.8) is 0 Å². The summed E-state index contributed by atoms with van der Waals surface area (Å²) in [4.78, 5) is 37.3. The topological polar surface area (TPSA) is 82.4 Å². The van der Waals surface area contributed by atoms with E-state index in [0.717, 1.165) is 35.5 Å². The molecule has 2 unspecified atom stereocenters. The maximum absolute atomic E-state index is 13.2. The lowest BCUT2D eigenvalue weighted by atomic mass is 10.1. The number of para-hydroxylation sites is 2. The highest BCUT2D eigenvalue weighted by Crippen LogP contribution is 2.34. The lowest BCUT2D eigenvalue weighted by Gasteiger charge is -2.26. The molecule has 2 aliphatic heterocycles. The van der Waals surface area contributed by atoms with E-state index in [1.165, 1.54) is 0 Å². The molecule has 0 saturated carbocycles. The second-order valence-corrected chi connectivity index (χ2v) is 7.58. The Balaban J connectivity index is 1.32. The van der Waals surface area contributed by atoms with Crippen LogP contribution < -0.4 is 0 Å². The van der Waals surface area contributed by atoms with Crippen molar-refractivity contribution in [2.45, 2.75) is 31.8 Å². The summed E-state index contributed by atoms with van der Waals surface area (Å²) in [6.07, 6.45) is 3.70. The van der Waals surface area contributed by atoms with Crippen molar-refractivity contribution >= 4 is 22.8 Å². The van der Waals surface area contributed by atoms with Crippen LogP contribution in [0.3, 0.4) is 0 Å². The van der Waals surface area contributed by atoms with Gasteiger partial charge in [0.05, 0.1) is 35.8 Å². The van der Waals surface area contributed by atoms with Gasteiger partial charge in [-0.25, -0.2) is 4.98 Å². The van der Waals surface area contributed by atoms with E-state index in [9.17, 15) is 9.59 Å². The van der Waals surface area contributed by atoms with E-state index < -0.39 is 0 Å². The Morgan fingerprint density at radius 3 is 2.96 bits per heavy atom. The number of amides is 2. The molecule has 7 heteroatoms. The van der Waals surface area contributed by atoms with Gasteiger partial charge in [-0.1, -0.05) is 12.1 Å². The molecule has 3 aromatic rings. The standard InChI is InChI=1S/C21H22N4O3/c26-19-11-14(12-24(19)13-15-5-4-10-28-15)21(27)25-9-3-8-18(25)20-22-16-6-1-2-7-17(16)23-20/h1-2,4-7,10,14,18H,3,8-9,11-13H2,(H,22,23). The lowest BCUT2D eigenvalue weighted by molar-refractivity contribution is -0.136. The SMILES string of the molecule is O=C1CC(C(=O)N2CCCC2c2nc3ccccc3[nH]2)CN1Cc1ccco1. The molecule has 2 saturated heterocycles. The monoisotopic (exact) mass is 378 g/mol. The molecule has 1 aromatic carbocycles. The summed E-state index contributed by atoms with van der Waals surface area (Å²) >= 11 is 0. The summed E-state index contributed by atoms with van der Waals surface area (Å²) in [6.45, 7) is 1.58. The number of rotatable bonds is 4. The van der Waals surface area contributed by atoms with E-state index in [0.29, 0.717) is 19.6 Å². The number of carbonyl (C=O) groups is 2. The highest BCUT2D eigenvalue weighted by Gasteiger charge is 2.41. The van der Waals surface area contributed by atoms with Crippen LogP contribution in [0.25, 0.3) is 11.0 Å². The first-order valence-electron chi connectivity index (χ1n) is 9.74. The van der Waals surface area contributed by atoms with E-state index in [1.54, 1.807) is 17.2 Å². The lowest BCUT2D eigenvalue weighted by Crippen LogP contribution is -2.37. The number of furan rings is 1. The third-order valence-corrected chi connectivity index (χ3v) is 5.75. The molecule has 5 rings (SSSR count). The minimum Gasteiger partial charge on any atom is -0.467 e. The zero-order chi connectivity index (χ0) is 19.1. The summed E-state index contributed by atoms with van der Waals surface area (Å²) in [7, 11) is 0. The van der Waals surface area contributed by atoms with Gasteiger partial charge in [0.15, 0.2) is 0 Å². The third kappa shape index (κ3) is 2.96. The maximum atomic E-state index is 13.2. The molecule has 2 fully saturated rings. The van der Waals surface area contributed by atoms with Crippen LogP contribution in [-0.4, -0.2) is 44.7 Å². The highest BCUT2D eigenvalue weighted by atomic mass is 16.3. The molecule has 4 heterocycles.